The van der Waals surface area contributed by atoms with E-state index < -0.39 is 17.8 Å². The predicted molar refractivity (Wildman–Crippen MR) is 89.2 cm³/mol. The fourth-order valence-corrected chi connectivity index (χ4v) is 1.87. The van der Waals surface area contributed by atoms with Gasteiger partial charge in [0.2, 0.25) is 5.95 Å². The Morgan fingerprint density at radius 1 is 1.24 bits per heavy atom. The van der Waals surface area contributed by atoms with Crippen molar-refractivity contribution >= 4 is 23.4 Å². The van der Waals surface area contributed by atoms with Crippen LogP contribution in [0.1, 0.15) is 36.3 Å². The third kappa shape index (κ3) is 5.07. The van der Waals surface area contributed by atoms with E-state index in [0.717, 1.165) is 0 Å². The fourth-order valence-electron chi connectivity index (χ4n) is 1.87. The Bertz CT molecular complexity index is 746. The number of benzene rings is 1. The van der Waals surface area contributed by atoms with Crippen molar-refractivity contribution in [3.8, 4) is 0 Å². The Hall–Kier alpha value is -2.84. The van der Waals surface area contributed by atoms with Crippen LogP contribution in [0.3, 0.4) is 0 Å². The summed E-state index contributed by atoms with van der Waals surface area (Å²) in [5.41, 5.74) is 5.12. The molecule has 0 fully saturated rings. The Labute approximate surface area is 142 Å². The number of nitrogens with two attached hydrogens (primary N) is 1. The average molecular weight is 353 g/mol. The third-order valence-electron chi connectivity index (χ3n) is 3.42. The second kappa shape index (κ2) is 7.37. The smallest absolute Gasteiger partial charge is 0.399 e. The first-order valence-corrected chi connectivity index (χ1v) is 7.58. The largest absolute Gasteiger partial charge is 0.433 e. The van der Waals surface area contributed by atoms with Gasteiger partial charge in [0.15, 0.2) is 5.69 Å². The van der Waals surface area contributed by atoms with Crippen molar-refractivity contribution in [1.29, 1.82) is 0 Å². The number of carbonyl (C=O) groups excluding carboxylic acids is 1. The Balaban J connectivity index is 2.30. The molecule has 1 heterocycles. The van der Waals surface area contributed by atoms with Crippen molar-refractivity contribution in [1.82, 2.24) is 9.97 Å². The van der Waals surface area contributed by atoms with Crippen LogP contribution in [0.5, 0.6) is 0 Å². The van der Waals surface area contributed by atoms with Gasteiger partial charge in [0.1, 0.15) is 5.82 Å². The highest BCUT2D eigenvalue weighted by Crippen LogP contribution is 2.30. The number of rotatable bonds is 5. The second-order valence-corrected chi connectivity index (χ2v) is 5.49. The van der Waals surface area contributed by atoms with Gasteiger partial charge < -0.3 is 16.4 Å². The van der Waals surface area contributed by atoms with Crippen molar-refractivity contribution in [2.75, 3.05) is 16.4 Å². The lowest BCUT2D eigenvalue weighted by atomic mass is 10.2. The molecule has 0 bridgehead atoms. The van der Waals surface area contributed by atoms with Gasteiger partial charge in [-0.05, 0) is 37.6 Å². The lowest BCUT2D eigenvalue weighted by Gasteiger charge is -2.15. The molecule has 0 spiro atoms. The number of hydrogen-bond donors (Lipinski definition) is 3. The number of alkyl halides is 3. The number of halogens is 3. The minimum absolute atomic E-state index is 0.121. The molecule has 0 aliphatic rings. The van der Waals surface area contributed by atoms with Crippen LogP contribution in [0.25, 0.3) is 0 Å². The zero-order chi connectivity index (χ0) is 18.6. The summed E-state index contributed by atoms with van der Waals surface area (Å²) in [6, 6.07) is 6.54. The van der Waals surface area contributed by atoms with Crippen molar-refractivity contribution in [2.45, 2.75) is 32.5 Å². The van der Waals surface area contributed by atoms with Crippen molar-refractivity contribution in [2.24, 2.45) is 0 Å². The predicted octanol–water partition coefficient (Wildman–Crippen LogP) is 3.54. The van der Waals surface area contributed by atoms with E-state index in [-0.39, 0.29) is 23.4 Å². The van der Waals surface area contributed by atoms with Gasteiger partial charge in [-0.2, -0.15) is 18.2 Å². The summed E-state index contributed by atoms with van der Waals surface area (Å²) in [7, 11) is 0. The number of carbonyl (C=O) groups is 1. The summed E-state index contributed by atoms with van der Waals surface area (Å²) in [4.78, 5) is 19.6. The first kappa shape index (κ1) is 18.5. The van der Waals surface area contributed by atoms with Crippen LogP contribution in [-0.2, 0) is 6.18 Å². The van der Waals surface area contributed by atoms with Crippen molar-refractivity contribution in [3.05, 3.63) is 41.6 Å². The SMILES string of the molecule is CC[C@@H](C)Nc1nc(NC(=O)c2ccc(N)cc2)cc(C(F)(F)F)n1. The van der Waals surface area contributed by atoms with Gasteiger partial charge in [-0.3, -0.25) is 4.79 Å². The van der Waals surface area contributed by atoms with Crippen LogP contribution in [0.2, 0.25) is 0 Å². The molecule has 2 rings (SSSR count). The van der Waals surface area contributed by atoms with Crippen molar-refractivity contribution in [3.63, 3.8) is 0 Å². The van der Waals surface area contributed by atoms with Crippen LogP contribution >= 0.6 is 0 Å². The summed E-state index contributed by atoms with van der Waals surface area (Å²) in [5.74, 6) is -1.03. The fraction of sp³-hybridized carbons (Fsp3) is 0.312. The normalized spacial score (nSPS) is 12.5. The number of nitrogens with one attached hydrogen (secondary N) is 2. The lowest BCUT2D eigenvalue weighted by molar-refractivity contribution is -0.141. The molecule has 1 aromatic heterocycles. The summed E-state index contributed by atoms with van der Waals surface area (Å²) < 4.78 is 39.1. The number of nitrogen functional groups attached to an aromatic ring is 1. The van der Waals surface area contributed by atoms with Gasteiger partial charge in [0.25, 0.3) is 5.91 Å². The Kier molecular flexibility index (Phi) is 5.45. The van der Waals surface area contributed by atoms with E-state index in [1.165, 1.54) is 24.3 Å². The Morgan fingerprint density at radius 2 is 1.88 bits per heavy atom. The minimum Gasteiger partial charge on any atom is -0.399 e. The summed E-state index contributed by atoms with van der Waals surface area (Å²) in [6.45, 7) is 3.66. The second-order valence-electron chi connectivity index (χ2n) is 5.49. The molecule has 0 aliphatic heterocycles. The number of nitrogens with zero attached hydrogens (tertiary/aromatic N) is 2. The summed E-state index contributed by atoms with van der Waals surface area (Å²) in [6.07, 6.45) is -3.98. The monoisotopic (exact) mass is 353 g/mol. The molecule has 2 aromatic rings. The molecule has 9 heteroatoms. The molecule has 1 amide bonds. The number of aromatic nitrogens is 2. The van der Waals surface area contributed by atoms with E-state index >= 15 is 0 Å². The van der Waals surface area contributed by atoms with E-state index in [4.69, 9.17) is 5.73 Å². The highest BCUT2D eigenvalue weighted by molar-refractivity contribution is 6.04. The molecule has 6 nitrogen and oxygen atoms in total. The van der Waals surface area contributed by atoms with Gasteiger partial charge in [0, 0.05) is 23.4 Å². The van der Waals surface area contributed by atoms with Gasteiger partial charge in [-0.1, -0.05) is 6.92 Å². The summed E-state index contributed by atoms with van der Waals surface area (Å²) in [5, 5.41) is 5.13. The topological polar surface area (TPSA) is 92.9 Å². The lowest BCUT2D eigenvalue weighted by Crippen LogP contribution is -2.20. The summed E-state index contributed by atoms with van der Waals surface area (Å²) >= 11 is 0. The van der Waals surface area contributed by atoms with Crippen molar-refractivity contribution < 1.29 is 18.0 Å². The molecule has 1 atom stereocenters. The van der Waals surface area contributed by atoms with E-state index in [1.54, 1.807) is 6.92 Å². The van der Waals surface area contributed by atoms with Crippen LogP contribution in [0.4, 0.5) is 30.6 Å². The maximum absolute atomic E-state index is 13.0. The van der Waals surface area contributed by atoms with Crippen LogP contribution in [0, 0.1) is 0 Å². The molecule has 134 valence electrons. The van der Waals surface area contributed by atoms with Gasteiger partial charge in [0.05, 0.1) is 0 Å². The van der Waals surface area contributed by atoms with E-state index in [9.17, 15) is 18.0 Å². The molecule has 1 aromatic carbocycles. The zero-order valence-corrected chi connectivity index (χ0v) is 13.7. The highest BCUT2D eigenvalue weighted by atomic mass is 19.4. The molecule has 0 saturated heterocycles. The van der Waals surface area contributed by atoms with E-state index in [2.05, 4.69) is 20.6 Å². The molecular weight excluding hydrogens is 335 g/mol. The van der Waals surface area contributed by atoms with Gasteiger partial charge >= 0.3 is 6.18 Å². The molecule has 0 saturated carbocycles. The standard InChI is InChI=1S/C16H18F3N5O/c1-3-9(2)21-15-22-12(16(17,18)19)8-13(24-15)23-14(25)10-4-6-11(20)7-5-10/h4-9H,3,20H2,1-2H3,(H2,21,22,23,24,25)/t9-/m1/s1. The molecule has 0 aliphatic carbocycles. The van der Waals surface area contributed by atoms with Crippen LogP contribution < -0.4 is 16.4 Å². The van der Waals surface area contributed by atoms with Gasteiger partial charge in [-0.25, -0.2) is 4.98 Å². The average Bonchev–Trinajstić information content (AvgIpc) is 2.54. The van der Waals surface area contributed by atoms with Crippen LogP contribution in [0.15, 0.2) is 30.3 Å². The minimum atomic E-state index is -4.66. The molecule has 25 heavy (non-hydrogen) atoms. The number of hydrogen-bond acceptors (Lipinski definition) is 5. The first-order chi connectivity index (χ1) is 11.7. The number of amides is 1. The maximum Gasteiger partial charge on any atom is 0.433 e. The third-order valence-corrected chi connectivity index (χ3v) is 3.42. The van der Waals surface area contributed by atoms with Crippen LogP contribution in [-0.4, -0.2) is 21.9 Å². The molecule has 0 radical (unpaired) electrons. The molecule has 0 unspecified atom stereocenters. The van der Waals surface area contributed by atoms with Gasteiger partial charge in [-0.15, -0.1) is 0 Å². The quantitative estimate of drug-likeness (QED) is 0.715. The molecular formula is C16H18F3N5O. The van der Waals surface area contributed by atoms with E-state index in [1.807, 2.05) is 6.92 Å². The maximum atomic E-state index is 13.0. The highest BCUT2D eigenvalue weighted by Gasteiger charge is 2.34. The Morgan fingerprint density at radius 3 is 2.44 bits per heavy atom. The zero-order valence-electron chi connectivity index (χ0n) is 13.7. The molecule has 4 N–H and O–H groups in total. The number of anilines is 3. The first-order valence-electron chi connectivity index (χ1n) is 7.58. The van der Waals surface area contributed by atoms with E-state index in [0.29, 0.717) is 18.2 Å².